The maximum absolute atomic E-state index is 11.1. The van der Waals surface area contributed by atoms with Crippen LogP contribution in [-0.4, -0.2) is 54.2 Å². The average molecular weight is 483 g/mol. The zero-order valence-electron chi connectivity index (χ0n) is 20.3. The third-order valence-electron chi connectivity index (χ3n) is 5.63. The smallest absolute Gasteiger partial charge is 0.330 e. The van der Waals surface area contributed by atoms with Crippen LogP contribution in [0.3, 0.4) is 0 Å². The van der Waals surface area contributed by atoms with Gasteiger partial charge >= 0.3 is 11.9 Å². The topological polar surface area (TPSA) is 102 Å². The molecule has 0 bridgehead atoms. The number of rotatable bonds is 14. The number of hydrogen-bond acceptors (Lipinski definition) is 7. The molecule has 0 aromatic heterocycles. The van der Waals surface area contributed by atoms with Gasteiger partial charge in [-0.2, -0.15) is 0 Å². The van der Waals surface area contributed by atoms with Crippen LogP contribution in [0, 0.1) is 0 Å². The zero-order chi connectivity index (χ0) is 25.8. The Morgan fingerprint density at radius 1 is 0.829 bits per heavy atom. The first kappa shape index (κ1) is 27.8. The molecule has 0 radical (unpaired) electrons. The van der Waals surface area contributed by atoms with Gasteiger partial charge in [0.15, 0.2) is 0 Å². The predicted octanol–water partition coefficient (Wildman–Crippen LogP) is 3.50. The van der Waals surface area contributed by atoms with Gasteiger partial charge in [-0.25, -0.2) is 9.59 Å². The molecular weight excluding hydrogens is 448 g/mol. The van der Waals surface area contributed by atoms with E-state index in [0.717, 1.165) is 28.8 Å². The van der Waals surface area contributed by atoms with Gasteiger partial charge in [-0.3, -0.25) is 0 Å². The number of aryl methyl sites for hydroxylation is 1. The highest BCUT2D eigenvalue weighted by Gasteiger charge is 2.23. The fraction of sp³-hybridized carbons (Fsp3) is 0.357. The van der Waals surface area contributed by atoms with Gasteiger partial charge in [-0.05, 0) is 41.7 Å². The van der Waals surface area contributed by atoms with Gasteiger partial charge in [-0.15, -0.1) is 0 Å². The van der Waals surface area contributed by atoms with Crippen molar-refractivity contribution in [1.82, 2.24) is 0 Å². The van der Waals surface area contributed by atoms with Gasteiger partial charge in [0.1, 0.15) is 31.7 Å². The minimum absolute atomic E-state index is 0.0000102. The van der Waals surface area contributed by atoms with Crippen molar-refractivity contribution in [2.45, 2.75) is 44.3 Å². The van der Waals surface area contributed by atoms with E-state index in [4.69, 9.17) is 14.2 Å². The fourth-order valence-corrected chi connectivity index (χ4v) is 3.35. The van der Waals surface area contributed by atoms with Crippen molar-refractivity contribution in [3.63, 3.8) is 0 Å². The molecule has 0 saturated carbocycles. The first-order valence-electron chi connectivity index (χ1n) is 11.4. The molecule has 35 heavy (non-hydrogen) atoms. The molecule has 188 valence electrons. The van der Waals surface area contributed by atoms with Gasteiger partial charge < -0.3 is 24.4 Å². The van der Waals surface area contributed by atoms with Gasteiger partial charge in [0.2, 0.25) is 0 Å². The predicted molar refractivity (Wildman–Crippen MR) is 133 cm³/mol. The summed E-state index contributed by atoms with van der Waals surface area (Å²) in [5.41, 5.74) is 3.06. The SMILES string of the molecule is C=CC(=O)OCC(O)CCc1ccc(C(C)(C)c2ccc(OCC(O)COC(=O)C=C)cc2)cc1. The minimum Gasteiger partial charge on any atom is -0.491 e. The second-order valence-corrected chi connectivity index (χ2v) is 8.67. The number of ether oxygens (including phenoxy) is 3. The van der Waals surface area contributed by atoms with E-state index in [9.17, 15) is 19.8 Å². The largest absolute Gasteiger partial charge is 0.491 e. The molecule has 0 amide bonds. The molecule has 0 aliphatic heterocycles. The highest BCUT2D eigenvalue weighted by Crippen LogP contribution is 2.32. The van der Waals surface area contributed by atoms with Crippen LogP contribution in [0.1, 0.15) is 37.0 Å². The van der Waals surface area contributed by atoms with Crippen molar-refractivity contribution in [3.05, 3.63) is 90.5 Å². The van der Waals surface area contributed by atoms with E-state index in [2.05, 4.69) is 39.1 Å². The molecule has 0 aliphatic carbocycles. The molecule has 2 aromatic rings. The van der Waals surface area contributed by atoms with Crippen LogP contribution in [0.5, 0.6) is 5.75 Å². The summed E-state index contributed by atoms with van der Waals surface area (Å²) in [5.74, 6) is -0.529. The summed E-state index contributed by atoms with van der Waals surface area (Å²) in [6.45, 7) is 10.7. The standard InChI is InChI=1S/C28H34O7/c1-5-26(31)34-17-23(29)14-9-20-7-10-21(11-8-20)28(3,4)22-12-15-25(16-13-22)33-18-24(30)19-35-27(32)6-2/h5-8,10-13,15-16,23-24,29-30H,1-2,9,14,17-19H2,3-4H3. The van der Waals surface area contributed by atoms with Crippen LogP contribution in [0.15, 0.2) is 73.8 Å². The summed E-state index contributed by atoms with van der Waals surface area (Å²) in [6.07, 6.45) is 1.61. The molecule has 7 nitrogen and oxygen atoms in total. The van der Waals surface area contributed by atoms with Crippen LogP contribution < -0.4 is 4.74 Å². The van der Waals surface area contributed by atoms with Crippen molar-refractivity contribution < 1.29 is 34.0 Å². The first-order valence-corrected chi connectivity index (χ1v) is 11.4. The van der Waals surface area contributed by atoms with E-state index >= 15 is 0 Å². The number of esters is 2. The molecule has 2 rings (SSSR count). The summed E-state index contributed by atoms with van der Waals surface area (Å²) in [7, 11) is 0. The quantitative estimate of drug-likeness (QED) is 0.314. The molecule has 2 atom stereocenters. The Bertz CT molecular complexity index is 898. The molecule has 0 aliphatic rings. The molecule has 7 heteroatoms. The monoisotopic (exact) mass is 482 g/mol. The van der Waals surface area contributed by atoms with Crippen LogP contribution in [-0.2, 0) is 30.9 Å². The van der Waals surface area contributed by atoms with Crippen LogP contribution in [0.25, 0.3) is 0 Å². The van der Waals surface area contributed by atoms with Gasteiger partial charge in [0.05, 0.1) is 6.10 Å². The van der Waals surface area contributed by atoms with Crippen molar-refractivity contribution in [2.24, 2.45) is 0 Å². The van der Waals surface area contributed by atoms with Crippen molar-refractivity contribution in [2.75, 3.05) is 19.8 Å². The lowest BCUT2D eigenvalue weighted by atomic mass is 9.78. The summed E-state index contributed by atoms with van der Waals surface area (Å²) >= 11 is 0. The molecular formula is C28H34O7. The van der Waals surface area contributed by atoms with E-state index in [1.165, 1.54) is 0 Å². The Kier molecular flexibility index (Phi) is 10.7. The third-order valence-corrected chi connectivity index (χ3v) is 5.63. The van der Waals surface area contributed by atoms with Gasteiger partial charge in [0.25, 0.3) is 0 Å². The van der Waals surface area contributed by atoms with Crippen molar-refractivity contribution >= 4 is 11.9 Å². The van der Waals surface area contributed by atoms with E-state index in [-0.39, 0.29) is 25.2 Å². The number of benzene rings is 2. The maximum atomic E-state index is 11.1. The number of carbonyl (C=O) groups is 2. The molecule has 0 saturated heterocycles. The Morgan fingerprint density at radius 3 is 1.83 bits per heavy atom. The number of aliphatic hydroxyl groups is 2. The van der Waals surface area contributed by atoms with Crippen LogP contribution in [0.2, 0.25) is 0 Å². The normalized spacial score (nSPS) is 12.8. The molecule has 2 unspecified atom stereocenters. The molecule has 0 fully saturated rings. The lowest BCUT2D eigenvalue weighted by molar-refractivity contribution is -0.141. The highest BCUT2D eigenvalue weighted by molar-refractivity contribution is 5.81. The molecule has 2 N–H and O–H groups in total. The molecule has 2 aromatic carbocycles. The minimum atomic E-state index is -0.934. The number of carbonyl (C=O) groups excluding carboxylic acids is 2. The van der Waals surface area contributed by atoms with Crippen molar-refractivity contribution in [3.8, 4) is 5.75 Å². The Morgan fingerprint density at radius 2 is 1.31 bits per heavy atom. The third kappa shape index (κ3) is 9.03. The Balaban J connectivity index is 1.89. The van der Waals surface area contributed by atoms with Crippen LogP contribution in [0.4, 0.5) is 0 Å². The first-order chi connectivity index (χ1) is 16.6. The summed E-state index contributed by atoms with van der Waals surface area (Å²) in [4.78, 5) is 22.1. The lowest BCUT2D eigenvalue weighted by Gasteiger charge is -2.26. The summed E-state index contributed by atoms with van der Waals surface area (Å²) in [6, 6.07) is 15.9. The second-order valence-electron chi connectivity index (χ2n) is 8.67. The maximum Gasteiger partial charge on any atom is 0.330 e. The fourth-order valence-electron chi connectivity index (χ4n) is 3.35. The Hall–Kier alpha value is -3.42. The van der Waals surface area contributed by atoms with E-state index in [0.29, 0.717) is 18.6 Å². The summed E-state index contributed by atoms with van der Waals surface area (Å²) in [5, 5.41) is 19.8. The average Bonchev–Trinajstić information content (AvgIpc) is 2.88. The summed E-state index contributed by atoms with van der Waals surface area (Å²) < 4.78 is 15.2. The van der Waals surface area contributed by atoms with E-state index in [1.807, 2.05) is 36.4 Å². The van der Waals surface area contributed by atoms with Crippen molar-refractivity contribution in [1.29, 1.82) is 0 Å². The van der Waals surface area contributed by atoms with Gasteiger partial charge in [-0.1, -0.05) is 63.4 Å². The van der Waals surface area contributed by atoms with E-state index in [1.54, 1.807) is 0 Å². The molecule has 0 spiro atoms. The highest BCUT2D eigenvalue weighted by atomic mass is 16.5. The van der Waals surface area contributed by atoms with E-state index < -0.39 is 24.1 Å². The Labute approximate surface area is 206 Å². The lowest BCUT2D eigenvalue weighted by Crippen LogP contribution is -2.24. The second kappa shape index (κ2) is 13.5. The zero-order valence-corrected chi connectivity index (χ0v) is 20.3. The number of hydrogen-bond donors (Lipinski definition) is 2. The van der Waals surface area contributed by atoms with Gasteiger partial charge in [0, 0.05) is 17.6 Å². The number of aliphatic hydroxyl groups excluding tert-OH is 2. The molecule has 0 heterocycles. The van der Waals surface area contributed by atoms with Crippen LogP contribution >= 0.6 is 0 Å².